The van der Waals surface area contributed by atoms with E-state index in [1.807, 2.05) is 37.3 Å². The summed E-state index contributed by atoms with van der Waals surface area (Å²) in [5, 5.41) is 12.7. The van der Waals surface area contributed by atoms with E-state index in [-0.39, 0.29) is 50.3 Å². The predicted octanol–water partition coefficient (Wildman–Crippen LogP) is 2.75. The normalized spacial score (nSPS) is 20.6. The molecule has 14 nitrogen and oxygen atoms in total. The minimum Gasteiger partial charge on any atom is -0.448 e. The minimum absolute atomic E-state index is 0.0177. The molecule has 1 saturated heterocycles. The lowest BCUT2D eigenvalue weighted by molar-refractivity contribution is -0.154. The van der Waals surface area contributed by atoms with E-state index in [9.17, 15) is 23.8 Å². The minimum atomic E-state index is -4.27. The zero-order valence-electron chi connectivity index (χ0n) is 24.3. The number of ether oxygens (including phenoxy) is 1. The van der Waals surface area contributed by atoms with Crippen LogP contribution in [0.2, 0.25) is 0 Å². The van der Waals surface area contributed by atoms with Crippen LogP contribution in [-0.4, -0.2) is 107 Å². The van der Waals surface area contributed by atoms with E-state index in [1.165, 1.54) is 9.96 Å². The van der Waals surface area contributed by atoms with Crippen LogP contribution in [-0.2, 0) is 23.5 Å². The SMILES string of the molecule is CCCCOP(=O)(O)C[C@H](NC(=O)c1cc([C@H]2C[C@@H]2COC)nc(-c2ccccc2)n1)C(=O)N1CCN(OC(=O)O)CC1. The van der Waals surface area contributed by atoms with E-state index in [0.29, 0.717) is 30.1 Å². The zero-order valence-corrected chi connectivity index (χ0v) is 25.1. The fourth-order valence-electron chi connectivity index (χ4n) is 4.88. The van der Waals surface area contributed by atoms with Gasteiger partial charge in [0.25, 0.3) is 5.91 Å². The quantitative estimate of drug-likeness (QED) is 0.208. The van der Waals surface area contributed by atoms with Crippen LogP contribution in [0.3, 0.4) is 0 Å². The third kappa shape index (κ3) is 9.28. The number of hydrogen-bond acceptors (Lipinski definition) is 10. The number of rotatable bonds is 14. The summed E-state index contributed by atoms with van der Waals surface area (Å²) < 4.78 is 23.4. The van der Waals surface area contributed by atoms with Crippen molar-refractivity contribution >= 4 is 25.6 Å². The lowest BCUT2D eigenvalue weighted by Crippen LogP contribution is -2.56. The molecular formula is C28H38N5O9P. The Labute approximate surface area is 249 Å². The van der Waals surface area contributed by atoms with Crippen LogP contribution in [0.1, 0.15) is 48.3 Å². The zero-order chi connectivity index (χ0) is 31.0. The molecule has 2 heterocycles. The standard InChI is InChI=1S/C28H38N5O9P/c1-3-4-14-41-43(38,39)18-24(27(35)32-10-12-33(13-11-32)42-28(36)37)31-26(34)23-16-22(21-15-20(21)17-40-2)29-25(30-23)19-8-6-5-7-9-19/h5-9,16,20-21,24H,3-4,10-15,17-18H2,1-2H3,(H,31,34)(H,36,37)(H,38,39)/t20-,21+,24+/m1/s1. The fourth-order valence-corrected chi connectivity index (χ4v) is 6.11. The Hall–Kier alpha value is -3.42. The van der Waals surface area contributed by atoms with Gasteiger partial charge in [0, 0.05) is 44.0 Å². The fraction of sp³-hybridized carbons (Fsp3) is 0.536. The summed E-state index contributed by atoms with van der Waals surface area (Å²) in [6, 6.07) is 9.37. The molecule has 2 aliphatic rings. The highest BCUT2D eigenvalue weighted by molar-refractivity contribution is 7.52. The van der Waals surface area contributed by atoms with Crippen molar-refractivity contribution in [2.45, 2.75) is 38.1 Å². The van der Waals surface area contributed by atoms with Gasteiger partial charge in [-0.2, -0.15) is 0 Å². The molecule has 2 fully saturated rings. The average molecular weight is 620 g/mol. The molecule has 0 radical (unpaired) electrons. The number of methoxy groups -OCH3 is 1. The Morgan fingerprint density at radius 1 is 1.14 bits per heavy atom. The van der Waals surface area contributed by atoms with Crippen molar-refractivity contribution in [3.8, 4) is 11.4 Å². The highest BCUT2D eigenvalue weighted by atomic mass is 31.2. The average Bonchev–Trinajstić information content (AvgIpc) is 3.76. The number of carboxylic acid groups (broad SMARTS) is 1. The van der Waals surface area contributed by atoms with Crippen LogP contribution in [0.15, 0.2) is 36.4 Å². The van der Waals surface area contributed by atoms with Gasteiger partial charge in [0.1, 0.15) is 11.7 Å². The number of hydrogen-bond donors (Lipinski definition) is 3. The van der Waals surface area contributed by atoms with Crippen molar-refractivity contribution in [3.63, 3.8) is 0 Å². The van der Waals surface area contributed by atoms with Crippen molar-refractivity contribution in [2.75, 3.05) is 52.7 Å². The largest absolute Gasteiger partial charge is 0.525 e. The summed E-state index contributed by atoms with van der Waals surface area (Å²) in [5.74, 6) is -0.609. The Morgan fingerprint density at radius 2 is 1.86 bits per heavy atom. The van der Waals surface area contributed by atoms with Crippen LogP contribution >= 0.6 is 7.60 Å². The third-order valence-electron chi connectivity index (χ3n) is 7.26. The maximum Gasteiger partial charge on any atom is 0.525 e. The molecule has 3 N–H and O–H groups in total. The van der Waals surface area contributed by atoms with Gasteiger partial charge in [-0.3, -0.25) is 14.2 Å². The van der Waals surface area contributed by atoms with Crippen molar-refractivity contribution in [1.29, 1.82) is 0 Å². The molecule has 1 aliphatic carbocycles. The van der Waals surface area contributed by atoms with Gasteiger partial charge >= 0.3 is 13.8 Å². The van der Waals surface area contributed by atoms with Gasteiger partial charge in [-0.25, -0.2) is 14.8 Å². The number of carbonyl (C=O) groups excluding carboxylic acids is 2. The number of benzene rings is 1. The van der Waals surface area contributed by atoms with Gasteiger partial charge in [0.2, 0.25) is 5.91 Å². The van der Waals surface area contributed by atoms with E-state index in [4.69, 9.17) is 19.4 Å². The Balaban J connectivity index is 1.57. The molecule has 4 rings (SSSR count). The van der Waals surface area contributed by atoms with E-state index < -0.39 is 37.8 Å². The molecule has 1 aromatic carbocycles. The van der Waals surface area contributed by atoms with Crippen LogP contribution < -0.4 is 5.32 Å². The molecular weight excluding hydrogens is 581 g/mol. The van der Waals surface area contributed by atoms with Gasteiger partial charge in [0.05, 0.1) is 25.9 Å². The van der Waals surface area contributed by atoms with Gasteiger partial charge in [-0.15, -0.1) is 5.06 Å². The molecule has 1 aliphatic heterocycles. The molecule has 1 unspecified atom stereocenters. The monoisotopic (exact) mass is 619 g/mol. The predicted molar refractivity (Wildman–Crippen MR) is 154 cm³/mol. The highest BCUT2D eigenvalue weighted by Gasteiger charge is 2.41. The second kappa shape index (κ2) is 14.8. The van der Waals surface area contributed by atoms with Crippen LogP contribution in [0, 0.1) is 5.92 Å². The first-order valence-electron chi connectivity index (χ1n) is 14.3. The van der Waals surface area contributed by atoms with Crippen molar-refractivity contribution in [1.82, 2.24) is 25.2 Å². The number of nitrogens with one attached hydrogen (secondary N) is 1. The lowest BCUT2D eigenvalue weighted by Gasteiger charge is -2.35. The maximum atomic E-state index is 13.6. The second-order valence-electron chi connectivity index (χ2n) is 10.6. The number of amides is 2. The number of hydroxylamine groups is 2. The molecule has 234 valence electrons. The maximum absolute atomic E-state index is 13.6. The van der Waals surface area contributed by atoms with Gasteiger partial charge in [0.15, 0.2) is 5.82 Å². The van der Waals surface area contributed by atoms with Gasteiger partial charge < -0.3 is 34.3 Å². The van der Waals surface area contributed by atoms with E-state index >= 15 is 0 Å². The number of nitrogens with zero attached hydrogens (tertiary/aromatic N) is 4. The number of aromatic nitrogens is 2. The lowest BCUT2D eigenvalue weighted by atomic mass is 10.1. The summed E-state index contributed by atoms with van der Waals surface area (Å²) in [6.07, 6.45) is 0.0391. The smallest absolute Gasteiger partial charge is 0.448 e. The van der Waals surface area contributed by atoms with Gasteiger partial charge in [-0.05, 0) is 24.8 Å². The number of carbonyl (C=O) groups is 3. The first kappa shape index (κ1) is 32.5. The topological polar surface area (TPSA) is 181 Å². The second-order valence-corrected chi connectivity index (χ2v) is 12.5. The summed E-state index contributed by atoms with van der Waals surface area (Å²) in [7, 11) is -2.64. The first-order chi connectivity index (χ1) is 20.6. The summed E-state index contributed by atoms with van der Waals surface area (Å²) >= 11 is 0. The van der Waals surface area contributed by atoms with Crippen LogP contribution in [0.4, 0.5) is 4.79 Å². The number of piperazine rings is 1. The van der Waals surface area contributed by atoms with E-state index in [1.54, 1.807) is 13.2 Å². The molecule has 4 atom stereocenters. The van der Waals surface area contributed by atoms with Gasteiger partial charge in [-0.1, -0.05) is 43.7 Å². The molecule has 1 aromatic heterocycles. The summed E-state index contributed by atoms with van der Waals surface area (Å²) in [6.45, 7) is 2.87. The molecule has 1 saturated carbocycles. The molecule has 0 bridgehead atoms. The van der Waals surface area contributed by atoms with Crippen LogP contribution in [0.25, 0.3) is 11.4 Å². The number of unbranched alkanes of at least 4 members (excludes halogenated alkanes) is 1. The Bertz CT molecular complexity index is 1320. The third-order valence-corrected chi connectivity index (χ3v) is 8.67. The van der Waals surface area contributed by atoms with Crippen molar-refractivity contribution in [3.05, 3.63) is 47.8 Å². The van der Waals surface area contributed by atoms with Crippen molar-refractivity contribution in [2.24, 2.45) is 5.92 Å². The molecule has 2 amide bonds. The molecule has 0 spiro atoms. The summed E-state index contributed by atoms with van der Waals surface area (Å²) in [4.78, 5) is 63.9. The summed E-state index contributed by atoms with van der Waals surface area (Å²) in [5.41, 5.74) is 1.40. The Kier molecular flexibility index (Phi) is 11.2. The van der Waals surface area contributed by atoms with Crippen LogP contribution in [0.5, 0.6) is 0 Å². The Morgan fingerprint density at radius 3 is 2.51 bits per heavy atom. The molecule has 43 heavy (non-hydrogen) atoms. The van der Waals surface area contributed by atoms with Crippen molar-refractivity contribution < 1.29 is 43.0 Å². The molecule has 2 aromatic rings. The highest BCUT2D eigenvalue weighted by Crippen LogP contribution is 2.47. The first-order valence-corrected chi connectivity index (χ1v) is 16.0. The van der Waals surface area contributed by atoms with E-state index in [2.05, 4.69) is 15.1 Å². The van der Waals surface area contributed by atoms with E-state index in [0.717, 1.165) is 12.8 Å². The molecule has 15 heteroatoms.